The first-order valence-electron chi connectivity index (χ1n) is 20.9. The second-order valence-corrected chi connectivity index (χ2v) is 16.4. The van der Waals surface area contributed by atoms with Gasteiger partial charge in [0, 0.05) is 43.1 Å². The second kappa shape index (κ2) is 13.1. The van der Waals surface area contributed by atoms with Crippen LogP contribution in [0.25, 0.3) is 121 Å². The van der Waals surface area contributed by atoms with Crippen LogP contribution in [0.15, 0.2) is 194 Å². The van der Waals surface area contributed by atoms with E-state index in [2.05, 4.69) is 146 Å². The van der Waals surface area contributed by atoms with Crippen molar-refractivity contribution in [2.75, 3.05) is 0 Å². The van der Waals surface area contributed by atoms with Gasteiger partial charge < -0.3 is 17.7 Å². The Bertz CT molecular complexity index is 3890. The minimum absolute atomic E-state index is 0.861. The van der Waals surface area contributed by atoms with Crippen LogP contribution in [0.1, 0.15) is 16.7 Å². The lowest BCUT2D eigenvalue weighted by Gasteiger charge is -2.16. The van der Waals surface area contributed by atoms with Gasteiger partial charge in [0.2, 0.25) is 0 Å². The molecule has 288 valence electrons. The summed E-state index contributed by atoms with van der Waals surface area (Å²) < 4.78 is 25.5. The van der Waals surface area contributed by atoms with Gasteiger partial charge in [-0.3, -0.25) is 0 Å². The summed E-state index contributed by atoms with van der Waals surface area (Å²) in [5.41, 5.74) is 17.9. The van der Waals surface area contributed by atoms with Crippen molar-refractivity contribution >= 4 is 87.8 Å². The minimum Gasteiger partial charge on any atom is -0.456 e. The van der Waals surface area contributed by atoms with Crippen molar-refractivity contribution in [3.8, 4) is 33.4 Å². The third kappa shape index (κ3) is 5.46. The second-order valence-electron chi connectivity index (χ2n) is 16.4. The SMILES string of the molecule is Cc1ccc(-c2ccc3oc4cc5c(cc4c3c2)oc2ccccc25)cc1-c1cc(-c2ccc3oc4cc5c(cc4c3c2)oc2ccccc25)ccc1CCc1ccccc1. The molecule has 0 saturated heterocycles. The topological polar surface area (TPSA) is 52.6 Å². The number of benzene rings is 9. The first-order valence-corrected chi connectivity index (χ1v) is 20.9. The molecule has 4 heteroatoms. The van der Waals surface area contributed by atoms with Gasteiger partial charge >= 0.3 is 0 Å². The van der Waals surface area contributed by atoms with Crippen molar-refractivity contribution in [2.45, 2.75) is 19.8 Å². The van der Waals surface area contributed by atoms with Gasteiger partial charge in [-0.25, -0.2) is 0 Å². The zero-order valence-electron chi connectivity index (χ0n) is 33.3. The van der Waals surface area contributed by atoms with E-state index in [1.807, 2.05) is 36.4 Å². The van der Waals surface area contributed by atoms with Crippen molar-refractivity contribution < 1.29 is 17.7 Å². The molecular weight excluding hydrogens is 749 g/mol. The smallest absolute Gasteiger partial charge is 0.136 e. The Morgan fingerprint density at radius 3 is 1.26 bits per heavy atom. The molecule has 0 spiro atoms. The van der Waals surface area contributed by atoms with Crippen LogP contribution in [0, 0.1) is 6.92 Å². The van der Waals surface area contributed by atoms with E-state index in [-0.39, 0.29) is 0 Å². The van der Waals surface area contributed by atoms with Gasteiger partial charge in [0.15, 0.2) is 0 Å². The van der Waals surface area contributed by atoms with Gasteiger partial charge in [-0.1, -0.05) is 103 Å². The highest BCUT2D eigenvalue weighted by Gasteiger charge is 2.18. The number of aryl methyl sites for hydroxylation is 3. The molecule has 9 aromatic carbocycles. The standard InChI is InChI=1S/C57H36O4/c1-33-15-17-36(38-21-23-52-44(27-38)48-31-54-46(29-56(48)60-52)40-11-5-7-13-50(40)58-54)25-42(33)43-26-37(20-19-35(43)18-16-34-9-3-2-4-10-34)39-22-24-53-45(28-39)49-32-55-47(30-57(49)61-53)41-12-6-8-14-51(41)59-55/h2-15,17,19-32H,16,18H2,1H3. The summed E-state index contributed by atoms with van der Waals surface area (Å²) >= 11 is 0. The van der Waals surface area contributed by atoms with Crippen molar-refractivity contribution in [2.24, 2.45) is 0 Å². The van der Waals surface area contributed by atoms with Gasteiger partial charge in [-0.15, -0.1) is 0 Å². The Balaban J connectivity index is 0.932. The summed E-state index contributed by atoms with van der Waals surface area (Å²) in [6.07, 6.45) is 1.88. The highest BCUT2D eigenvalue weighted by atomic mass is 16.3. The fraction of sp³-hybridized carbons (Fsp3) is 0.0526. The molecule has 4 nitrogen and oxygen atoms in total. The lowest BCUT2D eigenvalue weighted by molar-refractivity contribution is 0.664. The van der Waals surface area contributed by atoms with Gasteiger partial charge in [0.1, 0.15) is 44.7 Å². The molecule has 4 heterocycles. The van der Waals surface area contributed by atoms with Crippen LogP contribution in [-0.2, 0) is 12.8 Å². The number of fused-ring (bicyclic) bond motifs is 12. The molecule has 61 heavy (non-hydrogen) atoms. The largest absolute Gasteiger partial charge is 0.456 e. The van der Waals surface area contributed by atoms with Crippen LogP contribution in [-0.4, -0.2) is 0 Å². The molecule has 0 unspecified atom stereocenters. The van der Waals surface area contributed by atoms with E-state index < -0.39 is 0 Å². The average molecular weight is 785 g/mol. The predicted octanol–water partition coefficient (Wildman–Crippen LogP) is 16.4. The maximum atomic E-state index is 6.45. The molecule has 4 aromatic heterocycles. The van der Waals surface area contributed by atoms with Crippen molar-refractivity contribution in [3.63, 3.8) is 0 Å². The number of hydrogen-bond donors (Lipinski definition) is 0. The molecule has 0 aliphatic rings. The summed E-state index contributed by atoms with van der Waals surface area (Å²) in [6.45, 7) is 2.22. The molecule has 0 saturated carbocycles. The molecule has 0 aliphatic heterocycles. The molecule has 13 rings (SSSR count). The van der Waals surface area contributed by atoms with Crippen LogP contribution < -0.4 is 0 Å². The molecule has 0 fully saturated rings. The van der Waals surface area contributed by atoms with Crippen molar-refractivity contribution in [1.29, 1.82) is 0 Å². The predicted molar refractivity (Wildman–Crippen MR) is 250 cm³/mol. The fourth-order valence-corrected chi connectivity index (χ4v) is 9.59. The summed E-state index contributed by atoms with van der Waals surface area (Å²) in [5, 5.41) is 8.58. The zero-order valence-corrected chi connectivity index (χ0v) is 33.3. The van der Waals surface area contributed by atoms with Crippen LogP contribution >= 0.6 is 0 Å². The fourth-order valence-electron chi connectivity index (χ4n) is 9.59. The first kappa shape index (κ1) is 34.1. The lowest BCUT2D eigenvalue weighted by atomic mass is 9.88. The number of hydrogen-bond acceptors (Lipinski definition) is 4. The Kier molecular flexibility index (Phi) is 7.31. The Hall–Kier alpha value is -7.82. The Morgan fingerprint density at radius 2 is 0.705 bits per heavy atom. The van der Waals surface area contributed by atoms with Crippen LogP contribution in [0.5, 0.6) is 0 Å². The molecule has 0 radical (unpaired) electrons. The monoisotopic (exact) mass is 784 g/mol. The number of furan rings is 4. The first-order chi connectivity index (χ1) is 30.1. The summed E-state index contributed by atoms with van der Waals surface area (Å²) in [7, 11) is 0. The third-order valence-corrected chi connectivity index (χ3v) is 12.8. The quantitative estimate of drug-likeness (QED) is 0.168. The number of rotatable bonds is 6. The van der Waals surface area contributed by atoms with E-state index in [0.717, 1.165) is 123 Å². The van der Waals surface area contributed by atoms with Crippen LogP contribution in [0.3, 0.4) is 0 Å². The highest BCUT2D eigenvalue weighted by Crippen LogP contribution is 2.42. The van der Waals surface area contributed by atoms with Gasteiger partial charge in [-0.2, -0.15) is 0 Å². The van der Waals surface area contributed by atoms with Crippen LogP contribution in [0.4, 0.5) is 0 Å². The Morgan fingerprint density at radius 1 is 0.295 bits per heavy atom. The Labute approximate surface area is 349 Å². The van der Waals surface area contributed by atoms with E-state index in [4.69, 9.17) is 17.7 Å². The van der Waals surface area contributed by atoms with Crippen molar-refractivity contribution in [3.05, 3.63) is 193 Å². The molecular formula is C57H36O4. The lowest BCUT2D eigenvalue weighted by Crippen LogP contribution is -1.97. The van der Waals surface area contributed by atoms with E-state index in [1.54, 1.807) is 0 Å². The number of para-hydroxylation sites is 2. The van der Waals surface area contributed by atoms with E-state index in [0.29, 0.717) is 0 Å². The average Bonchev–Trinajstić information content (AvgIpc) is 4.06. The highest BCUT2D eigenvalue weighted by molar-refractivity contribution is 6.16. The third-order valence-electron chi connectivity index (χ3n) is 12.8. The van der Waals surface area contributed by atoms with Crippen LogP contribution in [0.2, 0.25) is 0 Å². The maximum Gasteiger partial charge on any atom is 0.136 e. The molecule has 0 aliphatic carbocycles. The summed E-state index contributed by atoms with van der Waals surface area (Å²) in [5.74, 6) is 0. The molecule has 0 amide bonds. The summed E-state index contributed by atoms with van der Waals surface area (Å²) in [6, 6.07) is 62.6. The van der Waals surface area contributed by atoms with Gasteiger partial charge in [0.25, 0.3) is 0 Å². The van der Waals surface area contributed by atoms with E-state index in [9.17, 15) is 0 Å². The molecule has 0 N–H and O–H groups in total. The zero-order chi connectivity index (χ0) is 40.2. The maximum absolute atomic E-state index is 6.45. The van der Waals surface area contributed by atoms with Crippen molar-refractivity contribution in [1.82, 2.24) is 0 Å². The normalized spacial score (nSPS) is 12.1. The molecule has 13 aromatic rings. The van der Waals surface area contributed by atoms with Gasteiger partial charge in [0.05, 0.1) is 0 Å². The summed E-state index contributed by atoms with van der Waals surface area (Å²) in [4.78, 5) is 0. The minimum atomic E-state index is 0.861. The van der Waals surface area contributed by atoms with E-state index >= 15 is 0 Å². The molecule has 0 atom stereocenters. The van der Waals surface area contributed by atoms with Gasteiger partial charge in [-0.05, 0) is 143 Å². The van der Waals surface area contributed by atoms with E-state index in [1.165, 1.54) is 27.8 Å². The molecule has 0 bridgehead atoms.